The van der Waals surface area contributed by atoms with Crippen LogP contribution in [0.4, 0.5) is 0 Å². The lowest BCUT2D eigenvalue weighted by atomic mass is 9.38. The molecule has 2 heterocycles. The molecule has 2 N–H and O–H groups in total. The number of hydrogen-bond acceptors (Lipinski definition) is 3. The van der Waals surface area contributed by atoms with E-state index in [1.54, 1.807) is 6.07 Å². The second-order valence-corrected chi connectivity index (χ2v) is 8.25. The molecule has 6 aliphatic rings. The first-order valence-corrected chi connectivity index (χ1v) is 8.97. The number of rotatable bonds is 1. The zero-order valence-corrected chi connectivity index (χ0v) is 13.1. The monoisotopic (exact) mass is 311 g/mol. The Bertz CT molecular complexity index is 749. The second-order valence-electron chi connectivity index (χ2n) is 8.25. The Labute approximate surface area is 135 Å². The van der Waals surface area contributed by atoms with Crippen LogP contribution in [0.1, 0.15) is 53.6 Å². The number of ether oxygens (including phenoxy) is 1. The van der Waals surface area contributed by atoms with Gasteiger partial charge in [-0.05, 0) is 68.0 Å². The van der Waals surface area contributed by atoms with Crippen LogP contribution in [0.5, 0.6) is 5.75 Å². The summed E-state index contributed by atoms with van der Waals surface area (Å²) in [5.41, 5.74) is 3.38. The number of nitrogens with one attached hydrogen (secondary N) is 1. The van der Waals surface area contributed by atoms with Crippen molar-refractivity contribution in [2.75, 3.05) is 6.54 Å². The Hall–Kier alpha value is -1.55. The molecule has 1 aromatic carbocycles. The Morgan fingerprint density at radius 1 is 1.26 bits per heavy atom. The van der Waals surface area contributed by atoms with Gasteiger partial charge in [-0.3, -0.25) is 0 Å². The van der Waals surface area contributed by atoms with E-state index < -0.39 is 5.97 Å². The number of fused-ring (bicyclic) bond motifs is 2. The first kappa shape index (κ1) is 12.8. The van der Waals surface area contributed by atoms with Crippen LogP contribution in [0.3, 0.4) is 0 Å². The van der Waals surface area contributed by atoms with E-state index in [0.29, 0.717) is 22.9 Å². The summed E-state index contributed by atoms with van der Waals surface area (Å²) in [6.07, 6.45) is 7.41. The lowest BCUT2D eigenvalue weighted by molar-refractivity contribution is -0.145. The molecule has 0 aromatic heterocycles. The molecule has 3 unspecified atom stereocenters. The van der Waals surface area contributed by atoms with Crippen LogP contribution in [0.15, 0.2) is 12.1 Å². The van der Waals surface area contributed by atoms with E-state index in [9.17, 15) is 9.90 Å². The van der Waals surface area contributed by atoms with Crippen LogP contribution in [-0.4, -0.2) is 29.8 Å². The number of carboxylic acids is 1. The molecule has 4 aliphatic carbocycles. The van der Waals surface area contributed by atoms with Crippen molar-refractivity contribution in [1.29, 1.82) is 0 Å². The maximum absolute atomic E-state index is 11.7. The van der Waals surface area contributed by atoms with Gasteiger partial charge in [0.05, 0.1) is 0 Å². The highest BCUT2D eigenvalue weighted by Crippen LogP contribution is 2.72. The zero-order chi connectivity index (χ0) is 15.4. The first-order valence-electron chi connectivity index (χ1n) is 8.97. The number of benzene rings is 1. The van der Waals surface area contributed by atoms with Crippen molar-refractivity contribution >= 4 is 5.97 Å². The second kappa shape index (κ2) is 3.75. The fraction of sp³-hybridized carbons (Fsp3) is 0.632. The van der Waals surface area contributed by atoms with Crippen molar-refractivity contribution in [2.45, 2.75) is 56.1 Å². The molecule has 4 heteroatoms. The molecule has 0 amide bonds. The van der Waals surface area contributed by atoms with Gasteiger partial charge in [0.2, 0.25) is 0 Å². The molecule has 3 saturated carbocycles. The van der Waals surface area contributed by atoms with Crippen LogP contribution in [0.2, 0.25) is 0 Å². The molecule has 120 valence electrons. The minimum Gasteiger partial charge on any atom is -0.488 e. The van der Waals surface area contributed by atoms with Gasteiger partial charge in [0.15, 0.2) is 0 Å². The average Bonchev–Trinajstić information content (AvgIpc) is 2.90. The highest BCUT2D eigenvalue weighted by Gasteiger charge is 2.73. The van der Waals surface area contributed by atoms with E-state index in [4.69, 9.17) is 4.74 Å². The topological polar surface area (TPSA) is 58.6 Å². The normalized spacial score (nSPS) is 44.6. The smallest absolute Gasteiger partial charge is 0.339 e. The highest BCUT2D eigenvalue weighted by atomic mass is 16.5. The predicted octanol–water partition coefficient (Wildman–Crippen LogP) is 2.49. The quantitative estimate of drug-likeness (QED) is 0.836. The van der Waals surface area contributed by atoms with Crippen LogP contribution < -0.4 is 10.1 Å². The molecule has 4 fully saturated rings. The SMILES string of the molecule is O=C(O)c1ccc2c3c1OC1C4CCC5(CC4)C(C2)NCCC315. The van der Waals surface area contributed by atoms with E-state index in [1.165, 1.54) is 36.8 Å². The van der Waals surface area contributed by atoms with Crippen molar-refractivity contribution < 1.29 is 14.6 Å². The number of aromatic carboxylic acids is 1. The average molecular weight is 311 g/mol. The van der Waals surface area contributed by atoms with Gasteiger partial charge in [-0.2, -0.15) is 0 Å². The summed E-state index contributed by atoms with van der Waals surface area (Å²) < 4.78 is 6.49. The largest absolute Gasteiger partial charge is 0.488 e. The molecular formula is C19H21NO3. The number of carbonyl (C=O) groups is 1. The third kappa shape index (κ3) is 1.16. The van der Waals surface area contributed by atoms with Gasteiger partial charge in [-0.25, -0.2) is 4.79 Å². The molecular weight excluding hydrogens is 290 g/mol. The Morgan fingerprint density at radius 3 is 2.87 bits per heavy atom. The molecule has 2 spiro atoms. The summed E-state index contributed by atoms with van der Waals surface area (Å²) in [5.74, 6) is 0.476. The lowest BCUT2D eigenvalue weighted by Crippen LogP contribution is -2.73. The van der Waals surface area contributed by atoms with Gasteiger partial charge in [-0.1, -0.05) is 6.07 Å². The third-order valence-electron chi connectivity index (χ3n) is 7.89. The van der Waals surface area contributed by atoms with Crippen LogP contribution in [0.25, 0.3) is 0 Å². The molecule has 7 rings (SSSR count). The van der Waals surface area contributed by atoms with Crippen molar-refractivity contribution in [3.05, 3.63) is 28.8 Å². The summed E-state index contributed by atoms with van der Waals surface area (Å²) in [4.78, 5) is 11.7. The Balaban J connectivity index is 1.72. The Morgan fingerprint density at radius 2 is 2.09 bits per heavy atom. The molecule has 4 nitrogen and oxygen atoms in total. The third-order valence-corrected chi connectivity index (χ3v) is 7.89. The molecule has 1 saturated heterocycles. The van der Waals surface area contributed by atoms with E-state index >= 15 is 0 Å². The Kier molecular flexibility index (Phi) is 2.09. The summed E-state index contributed by atoms with van der Waals surface area (Å²) in [7, 11) is 0. The zero-order valence-electron chi connectivity index (χ0n) is 13.1. The summed E-state index contributed by atoms with van der Waals surface area (Å²) in [6.45, 7) is 1.04. The van der Waals surface area contributed by atoms with E-state index in [-0.39, 0.29) is 11.5 Å². The minimum atomic E-state index is -0.852. The van der Waals surface area contributed by atoms with Crippen molar-refractivity contribution in [1.82, 2.24) is 5.32 Å². The van der Waals surface area contributed by atoms with Gasteiger partial charge in [-0.15, -0.1) is 0 Å². The van der Waals surface area contributed by atoms with Crippen LogP contribution >= 0.6 is 0 Å². The number of piperidine rings is 1. The van der Waals surface area contributed by atoms with Crippen LogP contribution in [-0.2, 0) is 11.8 Å². The lowest BCUT2D eigenvalue weighted by Gasteiger charge is -2.68. The van der Waals surface area contributed by atoms with Gasteiger partial charge >= 0.3 is 5.97 Å². The van der Waals surface area contributed by atoms with Crippen molar-refractivity contribution in [3.63, 3.8) is 0 Å². The highest BCUT2D eigenvalue weighted by molar-refractivity contribution is 5.92. The fourth-order valence-corrected chi connectivity index (χ4v) is 7.18. The molecule has 0 radical (unpaired) electrons. The number of hydrogen-bond donors (Lipinski definition) is 2. The summed E-state index contributed by atoms with van der Waals surface area (Å²) in [6, 6.07) is 4.36. The molecule has 2 aliphatic heterocycles. The van der Waals surface area contributed by atoms with Crippen molar-refractivity contribution in [2.24, 2.45) is 11.3 Å². The molecule has 1 aromatic rings. The van der Waals surface area contributed by atoms with E-state index in [2.05, 4.69) is 11.4 Å². The molecule has 4 bridgehead atoms. The first-order chi connectivity index (χ1) is 11.2. The van der Waals surface area contributed by atoms with Gasteiger partial charge in [0.1, 0.15) is 17.4 Å². The standard InChI is InChI=1S/C19H21NO3/c21-17(22)12-2-1-11-9-13-18-5-3-10(4-6-18)16-19(18,7-8-20-13)14(11)15(12)23-16/h1-2,10,13,16,20H,3-9H2,(H,21,22). The molecule has 23 heavy (non-hydrogen) atoms. The maximum Gasteiger partial charge on any atom is 0.339 e. The molecule has 3 atom stereocenters. The van der Waals surface area contributed by atoms with Gasteiger partial charge in [0.25, 0.3) is 0 Å². The van der Waals surface area contributed by atoms with Gasteiger partial charge < -0.3 is 15.2 Å². The predicted molar refractivity (Wildman–Crippen MR) is 84.0 cm³/mol. The van der Waals surface area contributed by atoms with Crippen LogP contribution in [0, 0.1) is 11.3 Å². The van der Waals surface area contributed by atoms with E-state index in [1.807, 2.05) is 0 Å². The minimum absolute atomic E-state index is 0.0818. The summed E-state index contributed by atoms with van der Waals surface area (Å²) >= 11 is 0. The van der Waals surface area contributed by atoms with Crippen molar-refractivity contribution in [3.8, 4) is 5.75 Å². The maximum atomic E-state index is 11.7. The summed E-state index contributed by atoms with van der Waals surface area (Å²) in [5, 5.41) is 13.4. The number of carboxylic acid groups (broad SMARTS) is 1. The fourth-order valence-electron chi connectivity index (χ4n) is 7.18. The van der Waals surface area contributed by atoms with Gasteiger partial charge in [0, 0.05) is 17.0 Å². The van der Waals surface area contributed by atoms with E-state index in [0.717, 1.165) is 25.1 Å².